The smallest absolute Gasteiger partial charge is 0.256 e. The maximum Gasteiger partial charge on any atom is 0.256 e. The van der Waals surface area contributed by atoms with Crippen molar-refractivity contribution in [2.45, 2.75) is 13.8 Å². The van der Waals surface area contributed by atoms with Crippen molar-refractivity contribution in [3.8, 4) is 22.6 Å². The van der Waals surface area contributed by atoms with Crippen molar-refractivity contribution in [1.29, 1.82) is 0 Å². The van der Waals surface area contributed by atoms with Crippen LogP contribution in [-0.2, 0) is 7.05 Å². The number of nitrogens with zero attached hydrogens (tertiary/aromatic N) is 2. The minimum atomic E-state index is -0.247. The molecule has 7 heteroatoms. The Morgan fingerprint density at radius 1 is 1.18 bits per heavy atom. The molecule has 6 nitrogen and oxygen atoms in total. The van der Waals surface area contributed by atoms with Gasteiger partial charge in [-0.2, -0.15) is 5.10 Å². The topological polar surface area (TPSA) is 65.4 Å². The second-order valence-corrected chi connectivity index (χ2v) is 7.11. The zero-order valence-electron chi connectivity index (χ0n) is 16.2. The monoisotopic (exact) mass is 443 g/mol. The number of rotatable bonds is 6. The van der Waals surface area contributed by atoms with E-state index in [-0.39, 0.29) is 5.91 Å². The Balaban J connectivity index is 1.94. The first-order valence-electron chi connectivity index (χ1n) is 8.86. The highest BCUT2D eigenvalue weighted by Crippen LogP contribution is 2.33. The van der Waals surface area contributed by atoms with E-state index in [0.29, 0.717) is 29.5 Å². The molecule has 0 aliphatic heterocycles. The molecule has 3 aromatic rings. The van der Waals surface area contributed by atoms with Gasteiger partial charge in [-0.05, 0) is 49.7 Å². The normalized spacial score (nSPS) is 10.6. The number of hydrogen-bond acceptors (Lipinski definition) is 4. The van der Waals surface area contributed by atoms with Crippen LogP contribution in [0.25, 0.3) is 11.1 Å². The number of amides is 1. The molecule has 28 heavy (non-hydrogen) atoms. The van der Waals surface area contributed by atoms with Crippen LogP contribution in [0.5, 0.6) is 11.5 Å². The van der Waals surface area contributed by atoms with Gasteiger partial charge in [0, 0.05) is 22.6 Å². The molecule has 0 atom stereocenters. The van der Waals surface area contributed by atoms with E-state index in [0.717, 1.165) is 21.3 Å². The van der Waals surface area contributed by atoms with E-state index < -0.39 is 0 Å². The van der Waals surface area contributed by atoms with Gasteiger partial charge >= 0.3 is 0 Å². The second kappa shape index (κ2) is 8.48. The Hall–Kier alpha value is -2.80. The van der Waals surface area contributed by atoms with Gasteiger partial charge in [-0.3, -0.25) is 9.48 Å². The summed E-state index contributed by atoms with van der Waals surface area (Å²) in [6.45, 7) is 4.34. The van der Waals surface area contributed by atoms with Crippen LogP contribution in [0.2, 0.25) is 0 Å². The molecule has 0 radical (unpaired) electrons. The van der Waals surface area contributed by atoms with E-state index in [9.17, 15) is 4.79 Å². The summed E-state index contributed by atoms with van der Waals surface area (Å²) in [5.74, 6) is 1.51. The predicted octanol–water partition coefficient (Wildman–Crippen LogP) is 4.82. The highest BCUT2D eigenvalue weighted by atomic mass is 79.9. The number of carbonyl (C=O) groups is 1. The predicted molar refractivity (Wildman–Crippen MR) is 113 cm³/mol. The van der Waals surface area contributed by atoms with Crippen molar-refractivity contribution in [3.63, 3.8) is 0 Å². The lowest BCUT2D eigenvalue weighted by atomic mass is 10.1. The van der Waals surface area contributed by atoms with Crippen LogP contribution in [0.1, 0.15) is 23.0 Å². The summed E-state index contributed by atoms with van der Waals surface area (Å²) in [7, 11) is 3.36. The first kappa shape index (κ1) is 19.9. The van der Waals surface area contributed by atoms with Crippen LogP contribution in [0.15, 0.2) is 46.9 Å². The molecule has 146 valence electrons. The van der Waals surface area contributed by atoms with Crippen LogP contribution in [-0.4, -0.2) is 29.4 Å². The third-order valence-corrected chi connectivity index (χ3v) is 4.84. The van der Waals surface area contributed by atoms with Gasteiger partial charge in [0.1, 0.15) is 5.82 Å². The van der Waals surface area contributed by atoms with Crippen molar-refractivity contribution in [2.75, 3.05) is 19.0 Å². The summed E-state index contributed by atoms with van der Waals surface area (Å²) in [6, 6.07) is 13.0. The van der Waals surface area contributed by atoms with Gasteiger partial charge in [-0.1, -0.05) is 28.1 Å². The summed E-state index contributed by atoms with van der Waals surface area (Å²) < 4.78 is 13.5. The molecule has 1 N–H and O–H groups in total. The molecule has 0 spiro atoms. The van der Waals surface area contributed by atoms with Crippen molar-refractivity contribution in [1.82, 2.24) is 9.78 Å². The fourth-order valence-corrected chi connectivity index (χ4v) is 3.29. The minimum Gasteiger partial charge on any atom is -0.493 e. The number of aryl methyl sites for hydroxylation is 2. The third-order valence-electron chi connectivity index (χ3n) is 4.31. The maximum absolute atomic E-state index is 12.9. The van der Waals surface area contributed by atoms with Crippen LogP contribution >= 0.6 is 15.9 Å². The lowest BCUT2D eigenvalue weighted by Gasteiger charge is -2.12. The maximum atomic E-state index is 12.9. The third kappa shape index (κ3) is 4.04. The van der Waals surface area contributed by atoms with Crippen molar-refractivity contribution in [2.24, 2.45) is 7.05 Å². The quantitative estimate of drug-likeness (QED) is 0.592. The molecular weight excluding hydrogens is 422 g/mol. The van der Waals surface area contributed by atoms with Crippen molar-refractivity contribution < 1.29 is 14.3 Å². The van der Waals surface area contributed by atoms with Crippen molar-refractivity contribution >= 4 is 27.7 Å². The number of aromatic nitrogens is 2. The summed E-state index contributed by atoms with van der Waals surface area (Å²) >= 11 is 3.45. The van der Waals surface area contributed by atoms with E-state index in [4.69, 9.17) is 9.47 Å². The van der Waals surface area contributed by atoms with Crippen LogP contribution in [0.4, 0.5) is 5.82 Å². The Labute approximate surface area is 172 Å². The molecule has 0 saturated heterocycles. The summed E-state index contributed by atoms with van der Waals surface area (Å²) in [5.41, 5.74) is 3.18. The average molecular weight is 444 g/mol. The van der Waals surface area contributed by atoms with E-state index in [1.807, 2.05) is 45.2 Å². The zero-order chi connectivity index (χ0) is 20.3. The number of methoxy groups -OCH3 is 1. The average Bonchev–Trinajstić information content (AvgIpc) is 2.96. The number of anilines is 1. The van der Waals surface area contributed by atoms with E-state index in [1.54, 1.807) is 30.0 Å². The molecular formula is C21H22BrN3O3. The Morgan fingerprint density at radius 2 is 1.89 bits per heavy atom. The molecule has 0 saturated carbocycles. The lowest BCUT2D eigenvalue weighted by molar-refractivity contribution is 0.102. The molecule has 1 amide bonds. The van der Waals surface area contributed by atoms with Crippen LogP contribution in [0.3, 0.4) is 0 Å². The van der Waals surface area contributed by atoms with Gasteiger partial charge in [-0.25, -0.2) is 0 Å². The standard InChI is InChI=1S/C21H22BrN3O3/c1-5-28-17-11-8-15(12-18(17)27-4)21(26)23-20-19(13(2)24-25(20)3)14-6-9-16(22)10-7-14/h6-12H,5H2,1-4H3,(H,23,26). The van der Waals surface area contributed by atoms with Crippen LogP contribution < -0.4 is 14.8 Å². The largest absolute Gasteiger partial charge is 0.493 e. The molecule has 0 aliphatic carbocycles. The second-order valence-electron chi connectivity index (χ2n) is 6.19. The van der Waals surface area contributed by atoms with Gasteiger partial charge < -0.3 is 14.8 Å². The number of benzene rings is 2. The van der Waals surface area contributed by atoms with Gasteiger partial charge in [0.25, 0.3) is 5.91 Å². The first-order valence-corrected chi connectivity index (χ1v) is 9.65. The SMILES string of the molecule is CCOc1ccc(C(=O)Nc2c(-c3ccc(Br)cc3)c(C)nn2C)cc1OC. The molecule has 3 rings (SSSR count). The first-order chi connectivity index (χ1) is 13.4. The summed E-state index contributed by atoms with van der Waals surface area (Å²) in [4.78, 5) is 12.9. The Kier molecular flexibility index (Phi) is 6.04. The van der Waals surface area contributed by atoms with Crippen LogP contribution in [0, 0.1) is 6.92 Å². The van der Waals surface area contributed by atoms with E-state index in [1.165, 1.54) is 0 Å². The number of carbonyl (C=O) groups excluding carboxylic acids is 1. The summed E-state index contributed by atoms with van der Waals surface area (Å²) in [5, 5.41) is 7.46. The Bertz CT molecular complexity index is 997. The van der Waals surface area contributed by atoms with Gasteiger partial charge in [-0.15, -0.1) is 0 Å². The zero-order valence-corrected chi connectivity index (χ0v) is 17.8. The fourth-order valence-electron chi connectivity index (χ4n) is 3.03. The Morgan fingerprint density at radius 3 is 2.54 bits per heavy atom. The molecule has 0 bridgehead atoms. The molecule has 0 unspecified atom stereocenters. The molecule has 0 fully saturated rings. The van der Waals surface area contributed by atoms with E-state index in [2.05, 4.69) is 26.3 Å². The number of hydrogen-bond donors (Lipinski definition) is 1. The van der Waals surface area contributed by atoms with E-state index >= 15 is 0 Å². The fraction of sp³-hybridized carbons (Fsp3) is 0.238. The summed E-state index contributed by atoms with van der Waals surface area (Å²) in [6.07, 6.45) is 0. The lowest BCUT2D eigenvalue weighted by Crippen LogP contribution is -2.15. The van der Waals surface area contributed by atoms with Gasteiger partial charge in [0.15, 0.2) is 11.5 Å². The highest BCUT2D eigenvalue weighted by molar-refractivity contribution is 9.10. The molecule has 1 heterocycles. The molecule has 1 aromatic heterocycles. The molecule has 2 aromatic carbocycles. The minimum absolute atomic E-state index is 0.247. The number of halogens is 1. The highest BCUT2D eigenvalue weighted by Gasteiger charge is 2.19. The van der Waals surface area contributed by atoms with Gasteiger partial charge in [0.05, 0.1) is 19.4 Å². The number of ether oxygens (including phenoxy) is 2. The van der Waals surface area contributed by atoms with Gasteiger partial charge in [0.2, 0.25) is 0 Å². The number of nitrogens with one attached hydrogen (secondary N) is 1. The van der Waals surface area contributed by atoms with Crippen molar-refractivity contribution in [3.05, 3.63) is 58.2 Å². The molecule has 0 aliphatic rings.